The van der Waals surface area contributed by atoms with Crippen LogP contribution in [-0.2, 0) is 24.7 Å². The maximum absolute atomic E-state index is 12.6. The van der Waals surface area contributed by atoms with Crippen LogP contribution in [0.25, 0.3) is 11.4 Å². The van der Waals surface area contributed by atoms with Crippen molar-refractivity contribution in [1.82, 2.24) is 15.3 Å². The maximum Gasteiger partial charge on any atom is 0.170 e. The third kappa shape index (κ3) is 4.75. The first-order chi connectivity index (χ1) is 15.6. The smallest absolute Gasteiger partial charge is 0.170 e. The number of ether oxygens (including phenoxy) is 1. The summed E-state index contributed by atoms with van der Waals surface area (Å²) >= 11 is 5.20. The molecule has 0 radical (unpaired) electrons. The van der Waals surface area contributed by atoms with E-state index in [9.17, 15) is 8.42 Å². The molecule has 178 valence electrons. The summed E-state index contributed by atoms with van der Waals surface area (Å²) in [5.74, 6) is 0.931. The minimum absolute atomic E-state index is 0.00489. The molecule has 4 rings (SSSR count). The van der Waals surface area contributed by atoms with E-state index >= 15 is 0 Å². The molecule has 1 saturated carbocycles. The lowest BCUT2D eigenvalue weighted by Crippen LogP contribution is -2.31. The number of benzene rings is 1. The van der Waals surface area contributed by atoms with Gasteiger partial charge in [0, 0.05) is 36.1 Å². The van der Waals surface area contributed by atoms with Gasteiger partial charge in [-0.15, -0.1) is 0 Å². The number of nitrogens with zero attached hydrogens (tertiary/aromatic N) is 2. The normalized spacial score (nSPS) is 22.4. The second-order valence-corrected chi connectivity index (χ2v) is 12.3. The first-order valence-electron chi connectivity index (χ1n) is 11.0. The summed E-state index contributed by atoms with van der Waals surface area (Å²) in [5.41, 5.74) is 2.94. The number of anilines is 1. The Morgan fingerprint density at radius 3 is 2.67 bits per heavy atom. The van der Waals surface area contributed by atoms with Crippen LogP contribution in [0.15, 0.2) is 30.3 Å². The Kier molecular flexibility index (Phi) is 6.47. The van der Waals surface area contributed by atoms with Gasteiger partial charge >= 0.3 is 0 Å². The van der Waals surface area contributed by atoms with Crippen molar-refractivity contribution in [2.45, 2.75) is 36.9 Å². The average molecular weight is 491 g/mol. The maximum atomic E-state index is 12.6. The molecule has 33 heavy (non-hydrogen) atoms. The molecular formula is C23H30N4O4S2. The lowest BCUT2D eigenvalue weighted by atomic mass is 9.92. The van der Waals surface area contributed by atoms with Crippen molar-refractivity contribution >= 4 is 32.9 Å². The number of nitrogens with one attached hydrogen (secondary N) is 2. The highest BCUT2D eigenvalue weighted by molar-refractivity contribution is 7.91. The monoisotopic (exact) mass is 490 g/mol. The van der Waals surface area contributed by atoms with Crippen LogP contribution >= 0.6 is 12.2 Å². The van der Waals surface area contributed by atoms with E-state index in [1.165, 1.54) is 6.26 Å². The summed E-state index contributed by atoms with van der Waals surface area (Å²) in [6, 6.07) is 9.40. The fourth-order valence-electron chi connectivity index (χ4n) is 4.20. The lowest BCUT2D eigenvalue weighted by Gasteiger charge is -2.26. The van der Waals surface area contributed by atoms with Crippen molar-refractivity contribution in [2.75, 3.05) is 37.9 Å². The van der Waals surface area contributed by atoms with Crippen LogP contribution < -0.4 is 10.6 Å². The van der Waals surface area contributed by atoms with Gasteiger partial charge in [-0.05, 0) is 75.2 Å². The summed E-state index contributed by atoms with van der Waals surface area (Å²) in [4.78, 5) is 9.63. The summed E-state index contributed by atoms with van der Waals surface area (Å²) in [7, 11) is -3.40. The van der Waals surface area contributed by atoms with E-state index in [0.29, 0.717) is 42.3 Å². The van der Waals surface area contributed by atoms with Gasteiger partial charge in [-0.25, -0.2) is 18.4 Å². The molecule has 1 aliphatic carbocycles. The van der Waals surface area contributed by atoms with Crippen LogP contribution in [0.3, 0.4) is 0 Å². The standard InChI is InChI=1S/C23H30N4O4S2/c1-22(2,33(3,29)30)18-12-19(23-8-11-31-14-16(23)13-23)27-20(26-18)15-4-6-17(7-5-15)25-21(32)24-9-10-28/h4-7,12,16,28H,8-11,13-14H2,1-3H3,(H2,24,25,32)/t16-,23+/m0/s1. The van der Waals surface area contributed by atoms with E-state index in [1.54, 1.807) is 13.8 Å². The van der Waals surface area contributed by atoms with Crippen molar-refractivity contribution in [2.24, 2.45) is 5.92 Å². The summed E-state index contributed by atoms with van der Waals surface area (Å²) in [5, 5.41) is 15.3. The van der Waals surface area contributed by atoms with Crippen molar-refractivity contribution < 1.29 is 18.3 Å². The molecule has 1 saturated heterocycles. The second kappa shape index (κ2) is 8.90. The Balaban J connectivity index is 1.70. The Hall–Kier alpha value is -2.14. The van der Waals surface area contributed by atoms with E-state index in [-0.39, 0.29) is 12.0 Å². The molecule has 0 bridgehead atoms. The molecule has 2 fully saturated rings. The first-order valence-corrected chi connectivity index (χ1v) is 13.3. The van der Waals surface area contributed by atoms with Crippen LogP contribution in [0.1, 0.15) is 38.1 Å². The number of aliphatic hydroxyl groups is 1. The van der Waals surface area contributed by atoms with Gasteiger partial charge < -0.3 is 20.5 Å². The molecule has 3 N–H and O–H groups in total. The second-order valence-electron chi connectivity index (χ2n) is 9.31. The fraction of sp³-hybridized carbons (Fsp3) is 0.522. The number of hydrogen-bond donors (Lipinski definition) is 3. The van der Waals surface area contributed by atoms with Gasteiger partial charge in [-0.3, -0.25) is 0 Å². The number of thiocarbonyl (C=S) groups is 1. The zero-order valence-electron chi connectivity index (χ0n) is 19.1. The fourth-order valence-corrected chi connectivity index (χ4v) is 4.91. The van der Waals surface area contributed by atoms with Gasteiger partial charge in [0.2, 0.25) is 0 Å². The molecule has 2 aliphatic rings. The molecule has 1 aromatic carbocycles. The van der Waals surface area contributed by atoms with Crippen LogP contribution in [0, 0.1) is 5.92 Å². The van der Waals surface area contributed by atoms with Gasteiger partial charge in [-0.2, -0.15) is 0 Å². The van der Waals surface area contributed by atoms with Crippen molar-refractivity contribution in [1.29, 1.82) is 0 Å². The zero-order chi connectivity index (χ0) is 23.9. The molecule has 1 aliphatic heterocycles. The molecule has 2 atom stereocenters. The molecule has 8 nitrogen and oxygen atoms in total. The largest absolute Gasteiger partial charge is 0.395 e. The molecule has 10 heteroatoms. The third-order valence-corrected chi connectivity index (χ3v) is 9.13. The number of aliphatic hydroxyl groups excluding tert-OH is 1. The van der Waals surface area contributed by atoms with E-state index in [0.717, 1.165) is 29.8 Å². The minimum Gasteiger partial charge on any atom is -0.395 e. The molecule has 2 aromatic rings. The van der Waals surface area contributed by atoms with Crippen LogP contribution in [-0.4, -0.2) is 61.2 Å². The molecule has 0 amide bonds. The Morgan fingerprint density at radius 1 is 1.30 bits per heavy atom. The van der Waals surface area contributed by atoms with Gasteiger partial charge in [0.25, 0.3) is 0 Å². The van der Waals surface area contributed by atoms with E-state index in [4.69, 9.17) is 32.0 Å². The van der Waals surface area contributed by atoms with Crippen molar-refractivity contribution in [3.8, 4) is 11.4 Å². The lowest BCUT2D eigenvalue weighted by molar-refractivity contribution is 0.0794. The van der Waals surface area contributed by atoms with Crippen LogP contribution in [0.2, 0.25) is 0 Å². The third-order valence-electron chi connectivity index (χ3n) is 6.82. The minimum atomic E-state index is -3.40. The number of sulfone groups is 1. The quantitative estimate of drug-likeness (QED) is 0.503. The van der Waals surface area contributed by atoms with Gasteiger partial charge in [0.05, 0.1) is 24.6 Å². The highest BCUT2D eigenvalue weighted by Gasteiger charge is 2.58. The van der Waals surface area contributed by atoms with E-state index < -0.39 is 14.6 Å². The summed E-state index contributed by atoms with van der Waals surface area (Å²) in [6.07, 6.45) is 3.13. The Labute approximate surface area is 200 Å². The highest BCUT2D eigenvalue weighted by Crippen LogP contribution is 2.58. The van der Waals surface area contributed by atoms with E-state index in [1.807, 2.05) is 30.3 Å². The molecule has 0 unspecified atom stereocenters. The number of aromatic nitrogens is 2. The van der Waals surface area contributed by atoms with Crippen molar-refractivity contribution in [3.63, 3.8) is 0 Å². The predicted octanol–water partition coefficient (Wildman–Crippen LogP) is 2.38. The molecule has 0 spiro atoms. The summed E-state index contributed by atoms with van der Waals surface area (Å²) in [6.45, 7) is 5.15. The molecule has 1 aromatic heterocycles. The zero-order valence-corrected chi connectivity index (χ0v) is 20.7. The van der Waals surface area contributed by atoms with Gasteiger partial charge in [-0.1, -0.05) is 0 Å². The first kappa shape index (κ1) is 24.0. The van der Waals surface area contributed by atoms with Crippen LogP contribution in [0.4, 0.5) is 5.69 Å². The van der Waals surface area contributed by atoms with Gasteiger partial charge in [0.1, 0.15) is 4.75 Å². The van der Waals surface area contributed by atoms with Crippen molar-refractivity contribution in [3.05, 3.63) is 41.7 Å². The van der Waals surface area contributed by atoms with Gasteiger partial charge in [0.15, 0.2) is 20.8 Å². The number of rotatable bonds is 7. The topological polar surface area (TPSA) is 113 Å². The SMILES string of the molecule is CC(C)(c1cc([C@@]23CCOC[C@@H]2C3)nc(-c2ccc(NC(=S)NCCO)cc2)n1)S(C)(=O)=O. The summed E-state index contributed by atoms with van der Waals surface area (Å²) < 4.78 is 29.6. The average Bonchev–Trinajstić information content (AvgIpc) is 3.53. The Morgan fingerprint density at radius 2 is 2.03 bits per heavy atom. The Bertz CT molecular complexity index is 1150. The van der Waals surface area contributed by atoms with Crippen LogP contribution in [0.5, 0.6) is 0 Å². The number of fused-ring (bicyclic) bond motifs is 1. The number of hydrogen-bond acceptors (Lipinski definition) is 7. The highest BCUT2D eigenvalue weighted by atomic mass is 32.2. The molecule has 2 heterocycles. The van der Waals surface area contributed by atoms with E-state index in [2.05, 4.69) is 10.6 Å². The predicted molar refractivity (Wildman–Crippen MR) is 132 cm³/mol. The molecular weight excluding hydrogens is 460 g/mol.